The molecule has 37 heavy (non-hydrogen) atoms. The van der Waals surface area contributed by atoms with E-state index in [0.717, 1.165) is 22.3 Å². The van der Waals surface area contributed by atoms with E-state index < -0.39 is 6.04 Å². The number of nitrogens with zero attached hydrogens (tertiary/aromatic N) is 1. The van der Waals surface area contributed by atoms with Gasteiger partial charge in [-0.3, -0.25) is 9.59 Å². The highest BCUT2D eigenvalue weighted by Gasteiger charge is 2.31. The van der Waals surface area contributed by atoms with Gasteiger partial charge in [0.15, 0.2) is 6.61 Å². The molecule has 3 aromatic carbocycles. The van der Waals surface area contributed by atoms with Gasteiger partial charge in [-0.15, -0.1) is 0 Å². The highest BCUT2D eigenvalue weighted by molar-refractivity contribution is 5.88. The SMILES string of the molecule is COc1cccc(CN(C(=O)COc2cc(C)ccc2C)[C@H](Cc2ccccc2)C(=O)NCC(C)C)c1. The van der Waals surface area contributed by atoms with Gasteiger partial charge in [-0.1, -0.05) is 68.4 Å². The summed E-state index contributed by atoms with van der Waals surface area (Å²) in [7, 11) is 1.61. The van der Waals surface area contributed by atoms with E-state index in [1.165, 1.54) is 0 Å². The molecule has 0 saturated heterocycles. The summed E-state index contributed by atoms with van der Waals surface area (Å²) in [6, 6.07) is 22.5. The fraction of sp³-hybridized carbons (Fsp3) is 0.355. The number of nitrogens with one attached hydrogen (secondary N) is 1. The summed E-state index contributed by atoms with van der Waals surface area (Å²) in [6.45, 7) is 8.64. The Morgan fingerprint density at radius 2 is 1.65 bits per heavy atom. The van der Waals surface area contributed by atoms with Gasteiger partial charge >= 0.3 is 0 Å². The van der Waals surface area contributed by atoms with Crippen LogP contribution in [-0.2, 0) is 22.6 Å². The molecule has 0 heterocycles. The van der Waals surface area contributed by atoms with E-state index >= 15 is 0 Å². The first-order valence-electron chi connectivity index (χ1n) is 12.7. The van der Waals surface area contributed by atoms with Gasteiger partial charge in [0, 0.05) is 19.5 Å². The highest BCUT2D eigenvalue weighted by Crippen LogP contribution is 2.21. The topological polar surface area (TPSA) is 67.9 Å². The maximum Gasteiger partial charge on any atom is 0.261 e. The van der Waals surface area contributed by atoms with Crippen LogP contribution in [0.2, 0.25) is 0 Å². The molecule has 0 fully saturated rings. The molecule has 0 unspecified atom stereocenters. The average molecular weight is 503 g/mol. The smallest absolute Gasteiger partial charge is 0.261 e. The van der Waals surface area contributed by atoms with E-state index in [0.29, 0.717) is 24.5 Å². The number of hydrogen-bond donors (Lipinski definition) is 1. The van der Waals surface area contributed by atoms with Gasteiger partial charge in [-0.2, -0.15) is 0 Å². The van der Waals surface area contributed by atoms with Crippen LogP contribution in [0.25, 0.3) is 0 Å². The van der Waals surface area contributed by atoms with Crippen molar-refractivity contribution >= 4 is 11.8 Å². The minimum absolute atomic E-state index is 0.170. The molecule has 2 amide bonds. The second kappa shape index (κ2) is 13.5. The number of methoxy groups -OCH3 is 1. The zero-order valence-electron chi connectivity index (χ0n) is 22.5. The molecule has 196 valence electrons. The Hall–Kier alpha value is -3.80. The molecule has 0 aromatic heterocycles. The monoisotopic (exact) mass is 502 g/mol. The third-order valence-electron chi connectivity index (χ3n) is 6.14. The zero-order chi connectivity index (χ0) is 26.8. The van der Waals surface area contributed by atoms with Crippen LogP contribution in [0.15, 0.2) is 72.8 Å². The molecule has 0 saturated carbocycles. The van der Waals surface area contributed by atoms with Gasteiger partial charge < -0.3 is 19.7 Å². The number of aryl methyl sites for hydroxylation is 2. The van der Waals surface area contributed by atoms with Crippen LogP contribution >= 0.6 is 0 Å². The Kier molecular flexibility index (Phi) is 10.1. The van der Waals surface area contributed by atoms with Crippen molar-refractivity contribution < 1.29 is 19.1 Å². The van der Waals surface area contributed by atoms with Crippen molar-refractivity contribution in [1.82, 2.24) is 10.2 Å². The summed E-state index contributed by atoms with van der Waals surface area (Å²) < 4.78 is 11.4. The first-order chi connectivity index (χ1) is 17.8. The summed E-state index contributed by atoms with van der Waals surface area (Å²) in [4.78, 5) is 28.9. The number of ether oxygens (including phenoxy) is 2. The molecule has 6 heteroatoms. The second-order valence-corrected chi connectivity index (χ2v) is 9.78. The van der Waals surface area contributed by atoms with Crippen molar-refractivity contribution in [3.05, 3.63) is 95.1 Å². The second-order valence-electron chi connectivity index (χ2n) is 9.78. The lowest BCUT2D eigenvalue weighted by Gasteiger charge is -2.32. The molecule has 6 nitrogen and oxygen atoms in total. The number of carbonyl (C=O) groups excluding carboxylic acids is 2. The molecule has 3 aromatic rings. The summed E-state index contributed by atoms with van der Waals surface area (Å²) in [5.74, 6) is 1.21. The van der Waals surface area contributed by atoms with Crippen molar-refractivity contribution in [3.63, 3.8) is 0 Å². The first kappa shape index (κ1) is 27.8. The lowest BCUT2D eigenvalue weighted by molar-refractivity contribution is -0.142. The van der Waals surface area contributed by atoms with E-state index in [9.17, 15) is 9.59 Å². The molecule has 0 radical (unpaired) electrons. The van der Waals surface area contributed by atoms with Gasteiger partial charge in [0.2, 0.25) is 5.91 Å². The maximum absolute atomic E-state index is 13.7. The van der Waals surface area contributed by atoms with E-state index in [1.54, 1.807) is 12.0 Å². The summed E-state index contributed by atoms with van der Waals surface area (Å²) in [6.07, 6.45) is 0.393. The average Bonchev–Trinajstić information content (AvgIpc) is 2.90. The lowest BCUT2D eigenvalue weighted by Crippen LogP contribution is -2.52. The molecular formula is C31H38N2O4. The van der Waals surface area contributed by atoms with Crippen LogP contribution in [0.5, 0.6) is 11.5 Å². The quantitative estimate of drug-likeness (QED) is 0.374. The van der Waals surface area contributed by atoms with Crippen LogP contribution < -0.4 is 14.8 Å². The van der Waals surface area contributed by atoms with Crippen LogP contribution in [-0.4, -0.2) is 43.0 Å². The lowest BCUT2D eigenvalue weighted by atomic mass is 10.0. The summed E-state index contributed by atoms with van der Waals surface area (Å²) >= 11 is 0. The minimum Gasteiger partial charge on any atom is -0.497 e. The number of carbonyl (C=O) groups is 2. The molecule has 0 bridgehead atoms. The first-order valence-corrected chi connectivity index (χ1v) is 12.7. The maximum atomic E-state index is 13.7. The van der Waals surface area contributed by atoms with Crippen molar-refractivity contribution in [1.29, 1.82) is 0 Å². The number of rotatable bonds is 12. The van der Waals surface area contributed by atoms with Gasteiger partial charge in [0.05, 0.1) is 7.11 Å². The van der Waals surface area contributed by atoms with E-state index in [2.05, 4.69) is 5.32 Å². The molecule has 0 aliphatic carbocycles. The van der Waals surface area contributed by atoms with Gasteiger partial charge in [-0.05, 0) is 60.2 Å². The van der Waals surface area contributed by atoms with Gasteiger partial charge in [-0.25, -0.2) is 0 Å². The predicted octanol–water partition coefficient (Wildman–Crippen LogP) is 5.10. The molecule has 1 N–H and O–H groups in total. The van der Waals surface area contributed by atoms with Crippen LogP contribution in [0.3, 0.4) is 0 Å². The fourth-order valence-corrected chi connectivity index (χ4v) is 4.03. The Morgan fingerprint density at radius 3 is 2.35 bits per heavy atom. The van der Waals surface area contributed by atoms with Gasteiger partial charge in [0.25, 0.3) is 5.91 Å². The van der Waals surface area contributed by atoms with E-state index in [1.807, 2.05) is 100 Å². The summed E-state index contributed by atoms with van der Waals surface area (Å²) in [5.41, 5.74) is 3.85. The standard InChI is InChI=1S/C31H38N2O4/c1-22(2)19-32-31(35)28(18-25-10-7-6-8-11-25)33(20-26-12-9-13-27(17-26)36-5)30(34)21-37-29-16-23(3)14-15-24(29)4/h6-17,22,28H,18-21H2,1-5H3,(H,32,35)/t28-/m1/s1. The van der Waals surface area contributed by atoms with Crippen molar-refractivity contribution in [3.8, 4) is 11.5 Å². The third kappa shape index (κ3) is 8.38. The summed E-state index contributed by atoms with van der Waals surface area (Å²) in [5, 5.41) is 3.04. The Morgan fingerprint density at radius 1 is 0.919 bits per heavy atom. The normalized spacial score (nSPS) is 11.6. The number of benzene rings is 3. The van der Waals surface area contributed by atoms with Crippen LogP contribution in [0.4, 0.5) is 0 Å². The number of hydrogen-bond acceptors (Lipinski definition) is 4. The Balaban J connectivity index is 1.93. The predicted molar refractivity (Wildman–Crippen MR) is 147 cm³/mol. The number of amides is 2. The van der Waals surface area contributed by atoms with Crippen LogP contribution in [0, 0.1) is 19.8 Å². The molecule has 0 spiro atoms. The van der Waals surface area contributed by atoms with Crippen LogP contribution in [0.1, 0.15) is 36.1 Å². The van der Waals surface area contributed by atoms with Crippen molar-refractivity contribution in [2.75, 3.05) is 20.3 Å². The third-order valence-corrected chi connectivity index (χ3v) is 6.14. The zero-order valence-corrected chi connectivity index (χ0v) is 22.5. The molecule has 0 aliphatic rings. The highest BCUT2D eigenvalue weighted by atomic mass is 16.5. The molecule has 0 aliphatic heterocycles. The van der Waals surface area contributed by atoms with Gasteiger partial charge in [0.1, 0.15) is 17.5 Å². The van der Waals surface area contributed by atoms with E-state index in [4.69, 9.17) is 9.47 Å². The largest absolute Gasteiger partial charge is 0.497 e. The molecule has 1 atom stereocenters. The molecule has 3 rings (SSSR count). The van der Waals surface area contributed by atoms with Crippen molar-refractivity contribution in [2.45, 2.75) is 46.7 Å². The van der Waals surface area contributed by atoms with E-state index in [-0.39, 0.29) is 30.9 Å². The minimum atomic E-state index is -0.706. The Bertz CT molecular complexity index is 1180. The fourth-order valence-electron chi connectivity index (χ4n) is 4.03. The molecular weight excluding hydrogens is 464 g/mol. The Labute approximate surface area is 220 Å². The van der Waals surface area contributed by atoms with Crippen molar-refractivity contribution in [2.24, 2.45) is 5.92 Å².